The summed E-state index contributed by atoms with van der Waals surface area (Å²) < 4.78 is 16.9. The fourth-order valence-corrected chi connectivity index (χ4v) is 8.65. The van der Waals surface area contributed by atoms with Gasteiger partial charge in [0.15, 0.2) is 6.10 Å². The van der Waals surface area contributed by atoms with Crippen LogP contribution in [0.2, 0.25) is 0 Å². The molecule has 0 unspecified atom stereocenters. The molecule has 6 nitrogen and oxygen atoms in total. The summed E-state index contributed by atoms with van der Waals surface area (Å²) in [5, 5.41) is 0. The lowest BCUT2D eigenvalue weighted by molar-refractivity contribution is -0.167. The first-order valence-corrected chi connectivity index (χ1v) is 28.1. The quantitative estimate of drug-likeness (QED) is 0.0344. The average molecular weight is 892 g/mol. The molecule has 374 valence electrons. The molecule has 0 saturated carbocycles. The summed E-state index contributed by atoms with van der Waals surface area (Å²) in [4.78, 5) is 38.1. The fourth-order valence-electron chi connectivity index (χ4n) is 8.65. The zero-order chi connectivity index (χ0) is 46.3. The fraction of sp³-hybridized carbons (Fsp3) is 0.947. The summed E-state index contributed by atoms with van der Waals surface area (Å²) in [5.41, 5.74) is 0. The molecule has 6 heteroatoms. The lowest BCUT2D eigenvalue weighted by atomic mass is 10.0. The van der Waals surface area contributed by atoms with Crippen molar-refractivity contribution in [1.29, 1.82) is 0 Å². The van der Waals surface area contributed by atoms with Gasteiger partial charge in [-0.05, 0) is 37.0 Å². The molecule has 0 fully saturated rings. The van der Waals surface area contributed by atoms with Crippen molar-refractivity contribution in [1.82, 2.24) is 0 Å². The van der Waals surface area contributed by atoms with E-state index in [4.69, 9.17) is 14.2 Å². The molecule has 1 atom stereocenters. The van der Waals surface area contributed by atoms with Crippen LogP contribution in [0.15, 0.2) is 0 Å². The van der Waals surface area contributed by atoms with E-state index in [1.165, 1.54) is 193 Å². The maximum atomic E-state index is 12.8. The lowest BCUT2D eigenvalue weighted by Gasteiger charge is -2.18. The molecule has 0 aromatic carbocycles. The Balaban J connectivity index is 4.27. The minimum atomic E-state index is -0.763. The van der Waals surface area contributed by atoms with E-state index in [0.717, 1.165) is 75.5 Å². The number of ether oxygens (including phenoxy) is 3. The minimum Gasteiger partial charge on any atom is -0.462 e. The van der Waals surface area contributed by atoms with Crippen LogP contribution >= 0.6 is 0 Å². The van der Waals surface area contributed by atoms with E-state index < -0.39 is 6.10 Å². The smallest absolute Gasteiger partial charge is 0.306 e. The monoisotopic (exact) mass is 891 g/mol. The molecule has 0 N–H and O–H groups in total. The van der Waals surface area contributed by atoms with E-state index in [1.807, 2.05) is 0 Å². The van der Waals surface area contributed by atoms with Crippen LogP contribution in [0.25, 0.3) is 0 Å². The van der Waals surface area contributed by atoms with Crippen molar-refractivity contribution in [2.75, 3.05) is 13.2 Å². The predicted octanol–water partition coefficient (Wildman–Crippen LogP) is 18.3. The Bertz CT molecular complexity index is 976. The van der Waals surface area contributed by atoms with Gasteiger partial charge >= 0.3 is 17.9 Å². The molecule has 0 spiro atoms. The van der Waals surface area contributed by atoms with Crippen LogP contribution in [0.5, 0.6) is 0 Å². The van der Waals surface area contributed by atoms with E-state index >= 15 is 0 Å². The zero-order valence-electron chi connectivity index (χ0n) is 43.4. The first-order valence-electron chi connectivity index (χ1n) is 28.1. The Labute approximate surface area is 393 Å². The van der Waals surface area contributed by atoms with Crippen molar-refractivity contribution in [2.24, 2.45) is 17.8 Å². The molecule has 0 aliphatic rings. The molecule has 0 aromatic heterocycles. The van der Waals surface area contributed by atoms with Gasteiger partial charge in [0, 0.05) is 19.3 Å². The molecular weight excluding hydrogens is 781 g/mol. The standard InChI is InChI=1S/C57H110O6/c1-51(2)43-37-31-25-19-13-11-9-7-8-10-12-14-22-28-34-40-46-55(58)61-49-54(63-57(60)48-42-36-30-24-18-16-21-27-33-39-45-53(5)6)50-62-56(59)47-41-35-29-23-17-15-20-26-32-38-44-52(3)4/h51-54H,7-50H2,1-6H3/t54-/m0/s1. The highest BCUT2D eigenvalue weighted by Gasteiger charge is 2.19. The average Bonchev–Trinajstić information content (AvgIpc) is 3.24. The first kappa shape index (κ1) is 61.4. The van der Waals surface area contributed by atoms with Crippen molar-refractivity contribution in [2.45, 2.75) is 317 Å². The molecule has 0 radical (unpaired) electrons. The number of carbonyl (C=O) groups is 3. The Hall–Kier alpha value is -1.59. The lowest BCUT2D eigenvalue weighted by Crippen LogP contribution is -2.30. The molecular formula is C57H110O6. The molecule has 63 heavy (non-hydrogen) atoms. The molecule has 0 aromatic rings. The highest BCUT2D eigenvalue weighted by atomic mass is 16.6. The summed E-state index contributed by atoms with van der Waals surface area (Å²) in [6.45, 7) is 13.7. The van der Waals surface area contributed by atoms with Gasteiger partial charge in [-0.15, -0.1) is 0 Å². The van der Waals surface area contributed by atoms with Crippen LogP contribution in [0.1, 0.15) is 311 Å². The van der Waals surface area contributed by atoms with E-state index in [2.05, 4.69) is 41.5 Å². The first-order chi connectivity index (χ1) is 30.6. The SMILES string of the molecule is CC(C)CCCCCCCCCCCCCCCCCCC(=O)OC[C@@H](COC(=O)CCCCCCCCCCCCC(C)C)OC(=O)CCCCCCCCCCCCC(C)C. The molecule has 0 aliphatic heterocycles. The normalized spacial score (nSPS) is 12.1. The van der Waals surface area contributed by atoms with E-state index in [-0.39, 0.29) is 31.1 Å². The Kier molecular flexibility index (Phi) is 47.1. The molecule has 0 rings (SSSR count). The van der Waals surface area contributed by atoms with Crippen molar-refractivity contribution in [3.8, 4) is 0 Å². The number of unbranched alkanes of at least 4 members (excludes halogenated alkanes) is 33. The van der Waals surface area contributed by atoms with Gasteiger partial charge in [-0.1, -0.05) is 273 Å². The molecule has 0 aliphatic carbocycles. The summed E-state index contributed by atoms with van der Waals surface area (Å²) in [6.07, 6.45) is 49.5. The van der Waals surface area contributed by atoms with Gasteiger partial charge in [0.05, 0.1) is 0 Å². The van der Waals surface area contributed by atoms with Crippen LogP contribution in [-0.2, 0) is 28.6 Å². The topological polar surface area (TPSA) is 78.9 Å². The highest BCUT2D eigenvalue weighted by molar-refractivity contribution is 5.71. The van der Waals surface area contributed by atoms with Gasteiger partial charge in [-0.3, -0.25) is 14.4 Å². The van der Waals surface area contributed by atoms with Crippen molar-refractivity contribution in [3.63, 3.8) is 0 Å². The van der Waals surface area contributed by atoms with Gasteiger partial charge in [-0.2, -0.15) is 0 Å². The highest BCUT2D eigenvalue weighted by Crippen LogP contribution is 2.18. The second-order valence-corrected chi connectivity index (χ2v) is 21.0. The van der Waals surface area contributed by atoms with Crippen LogP contribution in [0.4, 0.5) is 0 Å². The van der Waals surface area contributed by atoms with E-state index in [1.54, 1.807) is 0 Å². The zero-order valence-corrected chi connectivity index (χ0v) is 43.4. The van der Waals surface area contributed by atoms with Gasteiger partial charge < -0.3 is 14.2 Å². The third-order valence-electron chi connectivity index (χ3n) is 12.9. The summed E-state index contributed by atoms with van der Waals surface area (Å²) in [5.74, 6) is 1.64. The van der Waals surface area contributed by atoms with E-state index in [9.17, 15) is 14.4 Å². The van der Waals surface area contributed by atoms with Crippen molar-refractivity contribution < 1.29 is 28.6 Å². The second-order valence-electron chi connectivity index (χ2n) is 21.0. The van der Waals surface area contributed by atoms with Crippen LogP contribution in [0, 0.1) is 17.8 Å². The Morgan fingerprint density at radius 1 is 0.270 bits per heavy atom. The number of rotatable bonds is 50. The van der Waals surface area contributed by atoms with Gasteiger partial charge in [0.2, 0.25) is 0 Å². The van der Waals surface area contributed by atoms with Gasteiger partial charge in [0.1, 0.15) is 13.2 Å². The largest absolute Gasteiger partial charge is 0.462 e. The van der Waals surface area contributed by atoms with Gasteiger partial charge in [0.25, 0.3) is 0 Å². The minimum absolute atomic E-state index is 0.0640. The maximum Gasteiger partial charge on any atom is 0.306 e. The Morgan fingerprint density at radius 3 is 0.683 bits per heavy atom. The van der Waals surface area contributed by atoms with Crippen LogP contribution < -0.4 is 0 Å². The number of hydrogen-bond donors (Lipinski definition) is 0. The van der Waals surface area contributed by atoms with Crippen LogP contribution in [-0.4, -0.2) is 37.2 Å². The molecule has 0 bridgehead atoms. The van der Waals surface area contributed by atoms with E-state index in [0.29, 0.717) is 19.3 Å². The van der Waals surface area contributed by atoms with Gasteiger partial charge in [-0.25, -0.2) is 0 Å². The number of esters is 3. The molecule has 0 saturated heterocycles. The summed E-state index contributed by atoms with van der Waals surface area (Å²) >= 11 is 0. The third-order valence-corrected chi connectivity index (χ3v) is 12.9. The second kappa shape index (κ2) is 48.3. The van der Waals surface area contributed by atoms with Crippen molar-refractivity contribution in [3.05, 3.63) is 0 Å². The summed E-state index contributed by atoms with van der Waals surface area (Å²) in [7, 11) is 0. The van der Waals surface area contributed by atoms with Crippen LogP contribution in [0.3, 0.4) is 0 Å². The molecule has 0 heterocycles. The Morgan fingerprint density at radius 2 is 0.460 bits per heavy atom. The third kappa shape index (κ3) is 51.3. The molecule has 0 amide bonds. The number of hydrogen-bond acceptors (Lipinski definition) is 6. The summed E-state index contributed by atoms with van der Waals surface area (Å²) in [6, 6.07) is 0. The number of carbonyl (C=O) groups excluding carboxylic acids is 3. The predicted molar refractivity (Wildman–Crippen MR) is 270 cm³/mol. The van der Waals surface area contributed by atoms with Crippen molar-refractivity contribution >= 4 is 17.9 Å². The maximum absolute atomic E-state index is 12.8.